The zero-order chi connectivity index (χ0) is 12.5. The summed E-state index contributed by atoms with van der Waals surface area (Å²) in [6.07, 6.45) is 2.03. The molecule has 0 aromatic heterocycles. The predicted molar refractivity (Wildman–Crippen MR) is 69.7 cm³/mol. The van der Waals surface area contributed by atoms with E-state index in [1.54, 1.807) is 0 Å². The Bertz CT molecular complexity index is 457. The lowest BCUT2D eigenvalue weighted by molar-refractivity contribution is -0.128. The van der Waals surface area contributed by atoms with Gasteiger partial charge in [-0.05, 0) is 37.8 Å². The topological polar surface area (TPSA) is 50.4 Å². The van der Waals surface area contributed by atoms with Gasteiger partial charge in [0.05, 0.1) is 12.2 Å². The molecule has 1 heterocycles. The number of rotatable bonds is 3. The molecule has 0 spiro atoms. The van der Waals surface area contributed by atoms with Crippen molar-refractivity contribution in [2.75, 3.05) is 11.9 Å². The van der Waals surface area contributed by atoms with Gasteiger partial charge in [0.2, 0.25) is 0 Å². The molecule has 2 atom stereocenters. The van der Waals surface area contributed by atoms with Crippen molar-refractivity contribution in [3.05, 3.63) is 24.3 Å². The molecule has 2 unspecified atom stereocenters. The van der Waals surface area contributed by atoms with E-state index in [-0.39, 0.29) is 11.9 Å². The van der Waals surface area contributed by atoms with Crippen LogP contribution >= 0.6 is 0 Å². The van der Waals surface area contributed by atoms with Gasteiger partial charge in [0.1, 0.15) is 5.75 Å². The number of amides is 1. The number of nitrogens with one attached hydrogen (secondary N) is 2. The van der Waals surface area contributed by atoms with E-state index in [1.165, 1.54) is 12.8 Å². The number of hydrogen-bond donors (Lipinski definition) is 2. The zero-order valence-corrected chi connectivity index (χ0v) is 10.5. The van der Waals surface area contributed by atoms with Gasteiger partial charge in [-0.3, -0.25) is 4.79 Å². The summed E-state index contributed by atoms with van der Waals surface area (Å²) in [5.74, 6) is 1.40. The van der Waals surface area contributed by atoms with Gasteiger partial charge >= 0.3 is 0 Å². The summed E-state index contributed by atoms with van der Waals surface area (Å²) in [7, 11) is 0. The lowest BCUT2D eigenvalue weighted by Gasteiger charge is -2.27. The molecule has 2 N–H and O–H groups in total. The highest BCUT2D eigenvalue weighted by Gasteiger charge is 2.32. The molecule has 1 aromatic rings. The number of benzene rings is 1. The van der Waals surface area contributed by atoms with E-state index in [2.05, 4.69) is 17.6 Å². The lowest BCUT2D eigenvalue weighted by Crippen LogP contribution is -2.47. The zero-order valence-electron chi connectivity index (χ0n) is 10.5. The third kappa shape index (κ3) is 2.28. The van der Waals surface area contributed by atoms with E-state index in [0.29, 0.717) is 12.5 Å². The van der Waals surface area contributed by atoms with Crippen LogP contribution in [0.5, 0.6) is 5.75 Å². The minimum atomic E-state index is -0.430. The number of carbonyl (C=O) groups excluding carboxylic acids is 1. The molecule has 4 nitrogen and oxygen atoms in total. The van der Waals surface area contributed by atoms with E-state index in [4.69, 9.17) is 4.74 Å². The fourth-order valence-electron chi connectivity index (χ4n) is 2.29. The SMILES string of the molecule is CC(NC(=O)C1CNc2ccccc2O1)C1CC1. The molecule has 1 amide bonds. The van der Waals surface area contributed by atoms with Crippen LogP contribution in [0, 0.1) is 5.92 Å². The second-order valence-corrected chi connectivity index (χ2v) is 5.12. The van der Waals surface area contributed by atoms with E-state index >= 15 is 0 Å². The Kier molecular flexibility index (Phi) is 2.86. The minimum absolute atomic E-state index is 0.0172. The minimum Gasteiger partial charge on any atom is -0.477 e. The molecular weight excluding hydrogens is 228 g/mol. The monoisotopic (exact) mass is 246 g/mol. The first kappa shape index (κ1) is 11.4. The average Bonchev–Trinajstić information content (AvgIpc) is 3.22. The fraction of sp³-hybridized carbons (Fsp3) is 0.500. The third-order valence-corrected chi connectivity index (χ3v) is 3.63. The largest absolute Gasteiger partial charge is 0.477 e. The van der Waals surface area contributed by atoms with Crippen molar-refractivity contribution in [3.8, 4) is 5.75 Å². The Morgan fingerprint density at radius 3 is 3.00 bits per heavy atom. The third-order valence-electron chi connectivity index (χ3n) is 3.63. The molecule has 1 fully saturated rings. The smallest absolute Gasteiger partial charge is 0.263 e. The number of fused-ring (bicyclic) bond motifs is 1. The Hall–Kier alpha value is -1.71. The van der Waals surface area contributed by atoms with Crippen molar-refractivity contribution in [2.24, 2.45) is 5.92 Å². The molecule has 3 rings (SSSR count). The molecular formula is C14H18N2O2. The fourth-order valence-corrected chi connectivity index (χ4v) is 2.29. The summed E-state index contributed by atoms with van der Waals surface area (Å²) in [6.45, 7) is 2.60. The average molecular weight is 246 g/mol. The highest BCUT2D eigenvalue weighted by atomic mass is 16.5. The molecule has 96 valence electrons. The van der Waals surface area contributed by atoms with E-state index in [1.807, 2.05) is 24.3 Å². The molecule has 18 heavy (non-hydrogen) atoms. The number of ether oxygens (including phenoxy) is 1. The Balaban J connectivity index is 1.62. The standard InChI is InChI=1S/C14H18N2O2/c1-9(10-6-7-10)16-14(17)13-8-15-11-4-2-3-5-12(11)18-13/h2-5,9-10,13,15H,6-8H2,1H3,(H,16,17). The highest BCUT2D eigenvalue weighted by Crippen LogP contribution is 2.32. The summed E-state index contributed by atoms with van der Waals surface area (Å²) < 4.78 is 5.72. The van der Waals surface area contributed by atoms with Crippen molar-refractivity contribution in [1.82, 2.24) is 5.32 Å². The number of carbonyl (C=O) groups is 1. The van der Waals surface area contributed by atoms with Crippen LogP contribution in [0.1, 0.15) is 19.8 Å². The summed E-state index contributed by atoms with van der Waals surface area (Å²) in [4.78, 5) is 12.1. The maximum absolute atomic E-state index is 12.1. The Labute approximate surface area is 107 Å². The quantitative estimate of drug-likeness (QED) is 0.854. The first-order valence-corrected chi connectivity index (χ1v) is 6.54. The maximum Gasteiger partial charge on any atom is 0.263 e. The highest BCUT2D eigenvalue weighted by molar-refractivity contribution is 5.83. The Morgan fingerprint density at radius 1 is 1.44 bits per heavy atom. The van der Waals surface area contributed by atoms with Crippen LogP contribution in [-0.2, 0) is 4.79 Å². The second kappa shape index (κ2) is 4.52. The molecule has 4 heteroatoms. The van der Waals surface area contributed by atoms with Gasteiger partial charge < -0.3 is 15.4 Å². The van der Waals surface area contributed by atoms with Crippen LogP contribution in [0.3, 0.4) is 0 Å². The molecule has 0 saturated heterocycles. The number of anilines is 1. The van der Waals surface area contributed by atoms with Crippen LogP contribution in [0.2, 0.25) is 0 Å². The molecule has 0 radical (unpaired) electrons. The summed E-state index contributed by atoms with van der Waals surface area (Å²) >= 11 is 0. The first-order chi connectivity index (χ1) is 8.74. The van der Waals surface area contributed by atoms with Gasteiger partial charge in [-0.2, -0.15) is 0 Å². The van der Waals surface area contributed by atoms with Crippen molar-refractivity contribution < 1.29 is 9.53 Å². The van der Waals surface area contributed by atoms with Gasteiger partial charge in [0, 0.05) is 6.04 Å². The van der Waals surface area contributed by atoms with Gasteiger partial charge in [0.25, 0.3) is 5.91 Å². The Morgan fingerprint density at radius 2 is 2.22 bits per heavy atom. The van der Waals surface area contributed by atoms with Gasteiger partial charge in [-0.1, -0.05) is 12.1 Å². The van der Waals surface area contributed by atoms with E-state index in [0.717, 1.165) is 11.4 Å². The van der Waals surface area contributed by atoms with Crippen molar-refractivity contribution in [2.45, 2.75) is 31.9 Å². The maximum atomic E-state index is 12.1. The van der Waals surface area contributed by atoms with Crippen LogP contribution in [-0.4, -0.2) is 24.6 Å². The van der Waals surface area contributed by atoms with E-state index in [9.17, 15) is 4.79 Å². The number of hydrogen-bond acceptors (Lipinski definition) is 3. The molecule has 1 aliphatic heterocycles. The first-order valence-electron chi connectivity index (χ1n) is 6.54. The molecule has 1 aromatic carbocycles. The van der Waals surface area contributed by atoms with Crippen molar-refractivity contribution in [3.63, 3.8) is 0 Å². The van der Waals surface area contributed by atoms with Crippen LogP contribution in [0.15, 0.2) is 24.3 Å². The van der Waals surface area contributed by atoms with Crippen LogP contribution in [0.25, 0.3) is 0 Å². The van der Waals surface area contributed by atoms with Crippen molar-refractivity contribution >= 4 is 11.6 Å². The van der Waals surface area contributed by atoms with Gasteiger partial charge in [0.15, 0.2) is 6.10 Å². The molecule has 1 aliphatic carbocycles. The van der Waals surface area contributed by atoms with Crippen LogP contribution < -0.4 is 15.4 Å². The molecule has 1 saturated carbocycles. The number of para-hydroxylation sites is 2. The molecule has 0 bridgehead atoms. The van der Waals surface area contributed by atoms with Gasteiger partial charge in [-0.15, -0.1) is 0 Å². The molecule has 2 aliphatic rings. The summed E-state index contributed by atoms with van der Waals surface area (Å²) in [6, 6.07) is 7.96. The summed E-state index contributed by atoms with van der Waals surface area (Å²) in [5.41, 5.74) is 0.955. The van der Waals surface area contributed by atoms with E-state index < -0.39 is 6.10 Å². The van der Waals surface area contributed by atoms with Crippen molar-refractivity contribution in [1.29, 1.82) is 0 Å². The van der Waals surface area contributed by atoms with Crippen LogP contribution in [0.4, 0.5) is 5.69 Å². The lowest BCUT2D eigenvalue weighted by atomic mass is 10.2. The second-order valence-electron chi connectivity index (χ2n) is 5.12. The van der Waals surface area contributed by atoms with Gasteiger partial charge in [-0.25, -0.2) is 0 Å². The normalized spacial score (nSPS) is 23.3. The summed E-state index contributed by atoms with van der Waals surface area (Å²) in [5, 5.41) is 6.26. The predicted octanol–water partition coefficient (Wildman–Crippen LogP) is 1.77.